The Kier molecular flexibility index (Phi) is 11.2. The molecule has 1 aromatic carbocycles. The topological polar surface area (TPSA) is 60.0 Å². The van der Waals surface area contributed by atoms with Crippen molar-refractivity contribution in [2.75, 3.05) is 33.7 Å². The Morgan fingerprint density at radius 1 is 1.09 bits per heavy atom. The molecule has 2 aliphatic rings. The van der Waals surface area contributed by atoms with Crippen LogP contribution in [0.25, 0.3) is 0 Å². The molecule has 1 saturated carbocycles. The third-order valence-corrected chi connectivity index (χ3v) is 6.55. The fourth-order valence-corrected chi connectivity index (χ4v) is 4.40. The summed E-state index contributed by atoms with van der Waals surface area (Å²) in [7, 11) is 3.52. The van der Waals surface area contributed by atoms with E-state index in [1.807, 2.05) is 12.1 Å². The first-order chi connectivity index (χ1) is 14.9. The third-order valence-electron chi connectivity index (χ3n) is 6.55. The van der Waals surface area contributed by atoms with Crippen LogP contribution < -0.4 is 10.6 Å². The summed E-state index contributed by atoms with van der Waals surface area (Å²) >= 11 is 0. The van der Waals surface area contributed by atoms with E-state index in [0.29, 0.717) is 18.0 Å². The Labute approximate surface area is 209 Å². The van der Waals surface area contributed by atoms with Crippen LogP contribution in [-0.4, -0.2) is 67.5 Å². The van der Waals surface area contributed by atoms with Gasteiger partial charge in [-0.3, -0.25) is 9.69 Å². The molecule has 0 aromatic heterocycles. The van der Waals surface area contributed by atoms with Gasteiger partial charge in [0.25, 0.3) is 0 Å². The number of likely N-dealkylation sites (N-methyl/N-ethyl adjacent to an activating group) is 1. The van der Waals surface area contributed by atoms with Crippen LogP contribution in [0.4, 0.5) is 4.39 Å². The molecule has 1 amide bonds. The molecule has 8 heteroatoms. The highest BCUT2D eigenvalue weighted by atomic mass is 127. The van der Waals surface area contributed by atoms with Gasteiger partial charge >= 0.3 is 0 Å². The standard InChI is InChI=1S/C24H38FN5O.HI/c1-18-6-4-5-7-22(18)28-24(26-16-23(31)29(2)3)27-21-12-14-30(15-13-21)17-19-8-10-20(25)11-9-19;/h8-11,18,21-22H,4-7,12-17H2,1-3H3,(H2,26,27,28);1H. The highest BCUT2D eigenvalue weighted by molar-refractivity contribution is 14.0. The van der Waals surface area contributed by atoms with E-state index in [-0.39, 0.29) is 42.2 Å². The zero-order chi connectivity index (χ0) is 22.2. The zero-order valence-electron chi connectivity index (χ0n) is 19.6. The lowest BCUT2D eigenvalue weighted by atomic mass is 9.86. The van der Waals surface area contributed by atoms with E-state index in [1.54, 1.807) is 19.0 Å². The van der Waals surface area contributed by atoms with Gasteiger partial charge in [0.15, 0.2) is 5.96 Å². The summed E-state index contributed by atoms with van der Waals surface area (Å²) in [5, 5.41) is 7.22. The van der Waals surface area contributed by atoms with E-state index in [9.17, 15) is 9.18 Å². The molecule has 1 aromatic rings. The molecule has 1 aliphatic carbocycles. The van der Waals surface area contributed by atoms with Crippen molar-refractivity contribution in [1.82, 2.24) is 20.4 Å². The number of guanidine groups is 1. The predicted octanol–water partition coefficient (Wildman–Crippen LogP) is 3.61. The predicted molar refractivity (Wildman–Crippen MR) is 139 cm³/mol. The summed E-state index contributed by atoms with van der Waals surface area (Å²) in [4.78, 5) is 20.7. The van der Waals surface area contributed by atoms with Crippen molar-refractivity contribution in [2.24, 2.45) is 10.9 Å². The van der Waals surface area contributed by atoms with Gasteiger partial charge in [0.1, 0.15) is 12.4 Å². The molecule has 6 nitrogen and oxygen atoms in total. The Bertz CT molecular complexity index is 734. The minimum Gasteiger partial charge on any atom is -0.354 e. The number of carbonyl (C=O) groups is 1. The Balaban J connectivity index is 0.00000363. The summed E-state index contributed by atoms with van der Waals surface area (Å²) in [6.07, 6.45) is 6.97. The van der Waals surface area contributed by atoms with Crippen molar-refractivity contribution in [3.05, 3.63) is 35.6 Å². The fourth-order valence-electron chi connectivity index (χ4n) is 4.40. The van der Waals surface area contributed by atoms with Crippen LogP contribution in [0.5, 0.6) is 0 Å². The van der Waals surface area contributed by atoms with Crippen molar-refractivity contribution in [3.63, 3.8) is 0 Å². The molecule has 2 unspecified atom stereocenters. The second kappa shape index (κ2) is 13.3. The molecule has 32 heavy (non-hydrogen) atoms. The van der Waals surface area contributed by atoms with Gasteiger partial charge in [-0.05, 0) is 49.3 Å². The van der Waals surface area contributed by atoms with Gasteiger partial charge in [-0.1, -0.05) is 31.9 Å². The highest BCUT2D eigenvalue weighted by Gasteiger charge is 2.25. The molecule has 2 fully saturated rings. The molecule has 0 spiro atoms. The monoisotopic (exact) mass is 559 g/mol. The molecule has 1 saturated heterocycles. The average molecular weight is 560 g/mol. The van der Waals surface area contributed by atoms with Crippen LogP contribution in [0, 0.1) is 11.7 Å². The minimum atomic E-state index is -0.189. The number of amides is 1. The van der Waals surface area contributed by atoms with Gasteiger partial charge in [-0.2, -0.15) is 0 Å². The van der Waals surface area contributed by atoms with Crippen LogP contribution >= 0.6 is 24.0 Å². The van der Waals surface area contributed by atoms with E-state index in [0.717, 1.165) is 50.4 Å². The molecular formula is C24H39FIN5O. The molecular weight excluding hydrogens is 520 g/mol. The van der Waals surface area contributed by atoms with Crippen molar-refractivity contribution in [2.45, 2.75) is 64.1 Å². The van der Waals surface area contributed by atoms with Gasteiger partial charge in [-0.25, -0.2) is 9.38 Å². The zero-order valence-corrected chi connectivity index (χ0v) is 22.0. The van der Waals surface area contributed by atoms with Gasteiger partial charge in [0.05, 0.1) is 0 Å². The lowest BCUT2D eigenvalue weighted by Crippen LogP contribution is -2.52. The van der Waals surface area contributed by atoms with E-state index in [1.165, 1.54) is 31.4 Å². The van der Waals surface area contributed by atoms with Crippen LogP contribution in [-0.2, 0) is 11.3 Å². The quantitative estimate of drug-likeness (QED) is 0.318. The molecule has 0 bridgehead atoms. The number of carbonyl (C=O) groups excluding carboxylic acids is 1. The van der Waals surface area contributed by atoms with Crippen LogP contribution in [0.1, 0.15) is 51.0 Å². The third kappa shape index (κ3) is 8.50. The Morgan fingerprint density at radius 2 is 1.75 bits per heavy atom. The fraction of sp³-hybridized carbons (Fsp3) is 0.667. The van der Waals surface area contributed by atoms with Gasteiger partial charge in [0, 0.05) is 45.8 Å². The van der Waals surface area contributed by atoms with Gasteiger partial charge < -0.3 is 15.5 Å². The SMILES string of the molecule is CC1CCCCC1NC(=NCC(=O)N(C)C)NC1CCN(Cc2ccc(F)cc2)CC1.I. The number of rotatable bonds is 6. The van der Waals surface area contributed by atoms with Gasteiger partial charge in [-0.15, -0.1) is 24.0 Å². The average Bonchev–Trinajstić information content (AvgIpc) is 2.76. The van der Waals surface area contributed by atoms with Gasteiger partial charge in [0.2, 0.25) is 5.91 Å². The number of nitrogens with one attached hydrogen (secondary N) is 2. The van der Waals surface area contributed by atoms with Crippen molar-refractivity contribution >= 4 is 35.8 Å². The van der Waals surface area contributed by atoms with Crippen LogP contribution in [0.3, 0.4) is 0 Å². The van der Waals surface area contributed by atoms with E-state index in [2.05, 4.69) is 27.4 Å². The van der Waals surface area contributed by atoms with Crippen molar-refractivity contribution in [3.8, 4) is 0 Å². The number of halogens is 2. The lowest BCUT2D eigenvalue weighted by Gasteiger charge is -2.35. The summed E-state index contributed by atoms with van der Waals surface area (Å²) in [6, 6.07) is 7.53. The normalized spacial score (nSPS) is 22.7. The molecule has 1 heterocycles. The number of hydrogen-bond donors (Lipinski definition) is 2. The summed E-state index contributed by atoms with van der Waals surface area (Å²) in [5.41, 5.74) is 1.14. The lowest BCUT2D eigenvalue weighted by molar-refractivity contribution is -0.127. The molecule has 2 N–H and O–H groups in total. The summed E-state index contributed by atoms with van der Waals surface area (Å²) < 4.78 is 13.1. The molecule has 3 rings (SSSR count). The number of nitrogens with zero attached hydrogens (tertiary/aromatic N) is 3. The smallest absolute Gasteiger partial charge is 0.243 e. The number of likely N-dealkylation sites (tertiary alicyclic amines) is 1. The molecule has 2 atom stereocenters. The molecule has 1 aliphatic heterocycles. The molecule has 180 valence electrons. The largest absolute Gasteiger partial charge is 0.354 e. The van der Waals surface area contributed by atoms with Crippen LogP contribution in [0.15, 0.2) is 29.3 Å². The summed E-state index contributed by atoms with van der Waals surface area (Å²) in [6.45, 7) is 5.28. The Hall–Kier alpha value is -1.42. The van der Waals surface area contributed by atoms with E-state index >= 15 is 0 Å². The first-order valence-electron chi connectivity index (χ1n) is 11.6. The maximum Gasteiger partial charge on any atom is 0.243 e. The first-order valence-corrected chi connectivity index (χ1v) is 11.6. The molecule has 0 radical (unpaired) electrons. The van der Waals surface area contributed by atoms with Crippen LogP contribution in [0.2, 0.25) is 0 Å². The minimum absolute atomic E-state index is 0. The van der Waals surface area contributed by atoms with E-state index in [4.69, 9.17) is 0 Å². The Morgan fingerprint density at radius 3 is 2.38 bits per heavy atom. The highest BCUT2D eigenvalue weighted by Crippen LogP contribution is 2.23. The van der Waals surface area contributed by atoms with Crippen molar-refractivity contribution in [1.29, 1.82) is 0 Å². The number of hydrogen-bond acceptors (Lipinski definition) is 3. The van der Waals surface area contributed by atoms with E-state index < -0.39 is 0 Å². The first kappa shape index (κ1) is 26.8. The second-order valence-corrected chi connectivity index (χ2v) is 9.29. The maximum absolute atomic E-state index is 13.1. The number of piperidine rings is 1. The second-order valence-electron chi connectivity index (χ2n) is 9.29. The maximum atomic E-state index is 13.1. The summed E-state index contributed by atoms with van der Waals surface area (Å²) in [5.74, 6) is 1.20. The number of aliphatic imine (C=N–C) groups is 1. The number of benzene rings is 1. The van der Waals surface area contributed by atoms with Crippen molar-refractivity contribution < 1.29 is 9.18 Å².